The summed E-state index contributed by atoms with van der Waals surface area (Å²) < 4.78 is 12.8. The maximum atomic E-state index is 6.70. The van der Waals surface area contributed by atoms with Crippen molar-refractivity contribution < 1.29 is 9.16 Å². The van der Waals surface area contributed by atoms with Crippen LogP contribution in [0, 0.1) is 11.5 Å². The Hall–Kier alpha value is 0.394. The summed E-state index contributed by atoms with van der Waals surface area (Å²) in [5.41, 5.74) is 3.29. The fourth-order valence-electron chi connectivity index (χ4n) is 2.77. The van der Waals surface area contributed by atoms with E-state index in [1.807, 2.05) is 0 Å². The minimum atomic E-state index is -1.78. The molecule has 1 heterocycles. The van der Waals surface area contributed by atoms with Gasteiger partial charge in [-0.05, 0) is 31.0 Å². The normalized spacial score (nSPS) is 33.0. The van der Waals surface area contributed by atoms with Crippen LogP contribution >= 0.6 is 15.9 Å². The standard InChI is InChI=1S/C17H31BrO2Si2/c1-16(2,3)22(7,8)20-15-10-9-14-17(15,19-14)13(18)11-12-21(4,5)6/h13-15H,9-10H2,1-8H3/t13-,14+,15-,17+/m1/s1. The van der Waals surface area contributed by atoms with Crippen molar-refractivity contribution in [3.8, 4) is 11.5 Å². The Bertz CT molecular complexity index is 496. The van der Waals surface area contributed by atoms with Gasteiger partial charge in [0.1, 0.15) is 18.5 Å². The lowest BCUT2D eigenvalue weighted by molar-refractivity contribution is 0.0789. The van der Waals surface area contributed by atoms with Gasteiger partial charge in [-0.25, -0.2) is 0 Å². The SMILES string of the molecule is CC(C)(C)[Si](C)(C)O[C@@H]1CC[C@@H]2O[C@@]21[C@H](Br)C#C[Si](C)(C)C. The van der Waals surface area contributed by atoms with Crippen molar-refractivity contribution >= 4 is 32.3 Å². The summed E-state index contributed by atoms with van der Waals surface area (Å²) in [4.78, 5) is 0.0917. The summed E-state index contributed by atoms with van der Waals surface area (Å²) in [5.74, 6) is 3.44. The van der Waals surface area contributed by atoms with E-state index in [0.717, 1.165) is 12.8 Å². The number of hydrogen-bond acceptors (Lipinski definition) is 2. The molecule has 0 aromatic heterocycles. The van der Waals surface area contributed by atoms with Gasteiger partial charge in [-0.3, -0.25) is 0 Å². The summed E-state index contributed by atoms with van der Waals surface area (Å²) in [5, 5.41) is 0.229. The molecule has 126 valence electrons. The summed E-state index contributed by atoms with van der Waals surface area (Å²) in [7, 11) is -3.14. The zero-order chi connectivity index (χ0) is 17.0. The molecule has 1 aliphatic carbocycles. The summed E-state index contributed by atoms with van der Waals surface area (Å²) in [6, 6.07) is 0. The third-order valence-corrected chi connectivity index (χ3v) is 11.5. The van der Waals surface area contributed by atoms with Crippen LogP contribution in [0.1, 0.15) is 33.6 Å². The van der Waals surface area contributed by atoms with Gasteiger partial charge in [-0.1, -0.05) is 62.3 Å². The average molecular weight is 404 g/mol. The topological polar surface area (TPSA) is 21.8 Å². The number of halogens is 1. The molecular weight excluding hydrogens is 372 g/mol. The first-order valence-electron chi connectivity index (χ1n) is 8.32. The van der Waals surface area contributed by atoms with E-state index in [0.29, 0.717) is 6.10 Å². The van der Waals surface area contributed by atoms with Crippen molar-refractivity contribution in [3.05, 3.63) is 0 Å². The van der Waals surface area contributed by atoms with E-state index in [2.05, 4.69) is 80.9 Å². The molecule has 1 aliphatic heterocycles. The van der Waals surface area contributed by atoms with E-state index in [-0.39, 0.29) is 21.6 Å². The molecule has 22 heavy (non-hydrogen) atoms. The van der Waals surface area contributed by atoms with E-state index in [1.54, 1.807) is 0 Å². The molecule has 0 aromatic rings. The predicted octanol–water partition coefficient (Wildman–Crippen LogP) is 4.95. The van der Waals surface area contributed by atoms with Crippen molar-refractivity contribution in [1.29, 1.82) is 0 Å². The van der Waals surface area contributed by atoms with Gasteiger partial charge < -0.3 is 9.16 Å². The number of fused-ring (bicyclic) bond motifs is 1. The van der Waals surface area contributed by atoms with Crippen LogP contribution in [-0.2, 0) is 9.16 Å². The number of rotatable bonds is 3. The smallest absolute Gasteiger partial charge is 0.192 e. The first-order valence-corrected chi connectivity index (χ1v) is 15.6. The summed E-state index contributed by atoms with van der Waals surface area (Å²) >= 11 is 3.81. The van der Waals surface area contributed by atoms with Gasteiger partial charge in [0, 0.05) is 0 Å². The average Bonchev–Trinajstić information content (AvgIpc) is 2.96. The molecule has 1 saturated carbocycles. The molecule has 1 saturated heterocycles. The van der Waals surface area contributed by atoms with E-state index in [1.165, 1.54) is 0 Å². The molecule has 2 aliphatic rings. The first-order chi connectivity index (χ1) is 9.80. The second kappa shape index (κ2) is 5.73. The Balaban J connectivity index is 2.16. The second-order valence-electron chi connectivity index (χ2n) is 9.29. The lowest BCUT2D eigenvalue weighted by Crippen LogP contribution is -2.49. The van der Waals surface area contributed by atoms with E-state index >= 15 is 0 Å². The van der Waals surface area contributed by atoms with E-state index in [4.69, 9.17) is 9.16 Å². The van der Waals surface area contributed by atoms with Gasteiger partial charge in [0.05, 0.1) is 12.2 Å². The zero-order valence-electron chi connectivity index (χ0n) is 15.3. The van der Waals surface area contributed by atoms with Gasteiger partial charge >= 0.3 is 0 Å². The Morgan fingerprint density at radius 1 is 1.18 bits per heavy atom. The molecule has 2 fully saturated rings. The molecule has 0 radical (unpaired) electrons. The van der Waals surface area contributed by atoms with Gasteiger partial charge in [0.2, 0.25) is 0 Å². The maximum absolute atomic E-state index is 6.70. The van der Waals surface area contributed by atoms with Crippen molar-refractivity contribution in [3.63, 3.8) is 0 Å². The number of ether oxygens (including phenoxy) is 1. The number of hydrogen-bond donors (Lipinski definition) is 0. The molecule has 0 bridgehead atoms. The monoisotopic (exact) mass is 402 g/mol. The Morgan fingerprint density at radius 3 is 2.23 bits per heavy atom. The van der Waals surface area contributed by atoms with E-state index in [9.17, 15) is 0 Å². The molecule has 2 rings (SSSR count). The summed E-state index contributed by atoms with van der Waals surface area (Å²) in [6.45, 7) is 18.4. The van der Waals surface area contributed by atoms with Crippen LogP contribution in [0.4, 0.5) is 0 Å². The molecule has 4 atom stereocenters. The van der Waals surface area contributed by atoms with Crippen LogP contribution in [0.2, 0.25) is 37.8 Å². The minimum Gasteiger partial charge on any atom is -0.411 e. The first kappa shape index (κ1) is 18.7. The number of epoxide rings is 1. The third-order valence-electron chi connectivity index (χ3n) is 5.20. The van der Waals surface area contributed by atoms with Crippen LogP contribution in [0.5, 0.6) is 0 Å². The van der Waals surface area contributed by atoms with Crippen LogP contribution < -0.4 is 0 Å². The van der Waals surface area contributed by atoms with Gasteiger partial charge in [0.15, 0.2) is 8.32 Å². The van der Waals surface area contributed by atoms with Crippen LogP contribution in [0.15, 0.2) is 0 Å². The predicted molar refractivity (Wildman–Crippen MR) is 103 cm³/mol. The Labute approximate surface area is 147 Å². The number of alkyl halides is 1. The highest BCUT2D eigenvalue weighted by atomic mass is 79.9. The van der Waals surface area contributed by atoms with Gasteiger partial charge in [-0.2, -0.15) is 0 Å². The molecule has 0 N–H and O–H groups in total. The lowest BCUT2D eigenvalue weighted by Gasteiger charge is -2.40. The molecule has 0 unspecified atom stereocenters. The fraction of sp³-hybridized carbons (Fsp3) is 0.882. The fourth-order valence-corrected chi connectivity index (χ4v) is 5.74. The highest BCUT2D eigenvalue weighted by molar-refractivity contribution is 9.09. The molecule has 2 nitrogen and oxygen atoms in total. The molecule has 0 amide bonds. The molecule has 5 heteroatoms. The largest absolute Gasteiger partial charge is 0.411 e. The summed E-state index contributed by atoms with van der Waals surface area (Å²) in [6.07, 6.45) is 2.74. The maximum Gasteiger partial charge on any atom is 0.192 e. The lowest BCUT2D eigenvalue weighted by atomic mass is 10.0. The quantitative estimate of drug-likeness (QED) is 0.288. The van der Waals surface area contributed by atoms with Crippen LogP contribution in [0.3, 0.4) is 0 Å². The minimum absolute atomic E-state index is 0.0917. The van der Waals surface area contributed by atoms with Crippen LogP contribution in [0.25, 0.3) is 0 Å². The van der Waals surface area contributed by atoms with Crippen molar-refractivity contribution in [2.45, 2.75) is 94.0 Å². The van der Waals surface area contributed by atoms with Crippen molar-refractivity contribution in [2.24, 2.45) is 0 Å². The zero-order valence-corrected chi connectivity index (χ0v) is 18.9. The van der Waals surface area contributed by atoms with E-state index < -0.39 is 16.4 Å². The van der Waals surface area contributed by atoms with Gasteiger partial charge in [0.25, 0.3) is 0 Å². The highest BCUT2D eigenvalue weighted by Crippen LogP contribution is 2.56. The Morgan fingerprint density at radius 2 is 1.77 bits per heavy atom. The Kier molecular flexibility index (Phi) is 4.88. The van der Waals surface area contributed by atoms with Crippen molar-refractivity contribution in [2.75, 3.05) is 0 Å². The molecule has 0 spiro atoms. The highest BCUT2D eigenvalue weighted by Gasteiger charge is 2.70. The van der Waals surface area contributed by atoms with Crippen LogP contribution in [-0.4, -0.2) is 39.0 Å². The van der Waals surface area contributed by atoms with Crippen molar-refractivity contribution in [1.82, 2.24) is 0 Å². The van der Waals surface area contributed by atoms with Gasteiger partial charge in [-0.15, -0.1) is 5.54 Å². The third kappa shape index (κ3) is 3.56. The molecule has 0 aromatic carbocycles. The molecular formula is C17H31BrO2Si2. The second-order valence-corrected chi connectivity index (χ2v) is 19.7.